The van der Waals surface area contributed by atoms with Gasteiger partial charge in [0.05, 0.1) is 11.1 Å². The van der Waals surface area contributed by atoms with Gasteiger partial charge in [-0.25, -0.2) is 4.79 Å². The molecule has 0 aromatic heterocycles. The molecule has 0 bridgehead atoms. The Hall–Kier alpha value is -0.620. The number of hydrogen-bond donors (Lipinski definition) is 1. The average molecular weight is 312 g/mol. The molecule has 0 amide bonds. The van der Waals surface area contributed by atoms with E-state index >= 15 is 0 Å². The fraction of sp³-hybridized carbons (Fsp3) is 0.143. The normalized spacial score (nSPS) is 11.1. The van der Waals surface area contributed by atoms with E-state index in [9.17, 15) is 4.79 Å². The first-order valence-electron chi connectivity index (χ1n) is 3.34. The molecular weight excluding hydrogens is 306 g/mol. The summed E-state index contributed by atoms with van der Waals surface area (Å²) >= 11 is 20.5. The van der Waals surface area contributed by atoms with E-state index in [1.807, 2.05) is 0 Å². The number of rotatable bonds is 2. The van der Waals surface area contributed by atoms with Crippen LogP contribution in [0.3, 0.4) is 0 Å². The number of carbonyl (C=O) groups excluding carboxylic acids is 1. The second-order valence-electron chi connectivity index (χ2n) is 1.80. The SMILES string of the molecule is CC(=O)O.O=C(OC(Cl)=CCl)OC(Cl)=CCl. The first-order valence-corrected chi connectivity index (χ1v) is 4.97. The molecule has 0 radical (unpaired) electrons. The van der Waals surface area contributed by atoms with E-state index in [0.29, 0.717) is 0 Å². The maximum absolute atomic E-state index is 10.6. The molecule has 9 heteroatoms. The summed E-state index contributed by atoms with van der Waals surface area (Å²) in [6, 6.07) is 0. The highest BCUT2D eigenvalue weighted by molar-refractivity contribution is 6.36. The Kier molecular flexibility index (Phi) is 12.1. The van der Waals surface area contributed by atoms with Gasteiger partial charge in [-0.15, -0.1) is 0 Å². The van der Waals surface area contributed by atoms with Crippen LogP contribution in [0.2, 0.25) is 0 Å². The lowest BCUT2D eigenvalue weighted by Crippen LogP contribution is -2.02. The van der Waals surface area contributed by atoms with E-state index in [1.165, 1.54) is 0 Å². The summed E-state index contributed by atoms with van der Waals surface area (Å²) in [5.74, 6) is -0.833. The predicted octanol–water partition coefficient (Wildman–Crippen LogP) is 3.78. The van der Waals surface area contributed by atoms with E-state index in [1.54, 1.807) is 0 Å². The minimum Gasteiger partial charge on any atom is -0.481 e. The minimum atomic E-state index is -1.13. The van der Waals surface area contributed by atoms with Gasteiger partial charge in [-0.1, -0.05) is 23.2 Å². The molecule has 0 aliphatic rings. The van der Waals surface area contributed by atoms with Crippen molar-refractivity contribution in [1.29, 1.82) is 0 Å². The number of halogens is 4. The lowest BCUT2D eigenvalue weighted by atomic mass is 10.9. The summed E-state index contributed by atoms with van der Waals surface area (Å²) in [5, 5.41) is 6.75. The predicted molar refractivity (Wildman–Crippen MR) is 60.5 cm³/mol. The van der Waals surface area contributed by atoms with Crippen LogP contribution in [0.15, 0.2) is 21.5 Å². The molecule has 92 valence electrons. The number of ether oxygens (including phenoxy) is 2. The first-order chi connectivity index (χ1) is 7.33. The van der Waals surface area contributed by atoms with E-state index in [0.717, 1.165) is 18.0 Å². The van der Waals surface area contributed by atoms with Crippen LogP contribution in [0.4, 0.5) is 4.79 Å². The van der Waals surface area contributed by atoms with Crippen LogP contribution in [0.25, 0.3) is 0 Å². The van der Waals surface area contributed by atoms with Crippen molar-refractivity contribution in [2.45, 2.75) is 6.92 Å². The topological polar surface area (TPSA) is 72.8 Å². The third-order valence-electron chi connectivity index (χ3n) is 0.533. The largest absolute Gasteiger partial charge is 0.521 e. The van der Waals surface area contributed by atoms with Crippen molar-refractivity contribution in [3.05, 3.63) is 21.5 Å². The summed E-state index contributed by atoms with van der Waals surface area (Å²) in [6.07, 6.45) is -1.13. The van der Waals surface area contributed by atoms with Crippen LogP contribution in [0.5, 0.6) is 0 Å². The van der Waals surface area contributed by atoms with Crippen LogP contribution in [-0.4, -0.2) is 17.2 Å². The van der Waals surface area contributed by atoms with Gasteiger partial charge >= 0.3 is 6.16 Å². The molecule has 0 saturated carbocycles. The summed E-state index contributed by atoms with van der Waals surface area (Å²) in [7, 11) is 0. The Morgan fingerprint density at radius 2 is 1.31 bits per heavy atom. The molecule has 0 rings (SSSR count). The molecule has 5 nitrogen and oxygen atoms in total. The molecular formula is C7H6Cl4O5. The molecule has 0 aliphatic carbocycles. The van der Waals surface area contributed by atoms with Gasteiger partial charge in [-0.05, 0) is 23.2 Å². The highest BCUT2D eigenvalue weighted by Gasteiger charge is 2.07. The van der Waals surface area contributed by atoms with Crippen molar-refractivity contribution in [2.24, 2.45) is 0 Å². The van der Waals surface area contributed by atoms with E-state index in [2.05, 4.69) is 9.47 Å². The fourth-order valence-electron chi connectivity index (χ4n) is 0.225. The zero-order valence-corrected chi connectivity index (χ0v) is 10.8. The molecule has 1 N–H and O–H groups in total. The molecule has 0 saturated heterocycles. The molecule has 0 aromatic carbocycles. The maximum Gasteiger partial charge on any atom is 0.521 e. The molecule has 0 heterocycles. The van der Waals surface area contributed by atoms with Gasteiger partial charge in [0.2, 0.25) is 10.4 Å². The Bertz CT molecular complexity index is 273. The summed E-state index contributed by atoms with van der Waals surface area (Å²) in [4.78, 5) is 19.6. The molecule has 0 unspecified atom stereocenters. The molecule has 0 fully saturated rings. The Balaban J connectivity index is 0. The smallest absolute Gasteiger partial charge is 0.481 e. The molecule has 0 spiro atoms. The Labute approximate surface area is 111 Å². The molecule has 16 heavy (non-hydrogen) atoms. The number of carboxylic acid groups (broad SMARTS) is 1. The fourth-order valence-corrected chi connectivity index (χ4v) is 0.440. The minimum absolute atomic E-state index is 0.333. The molecule has 0 atom stereocenters. The number of carboxylic acids is 1. The zero-order chi connectivity index (χ0) is 13.1. The lowest BCUT2D eigenvalue weighted by molar-refractivity contribution is -0.134. The lowest BCUT2D eigenvalue weighted by Gasteiger charge is -2.00. The van der Waals surface area contributed by atoms with Crippen molar-refractivity contribution in [3.63, 3.8) is 0 Å². The Morgan fingerprint density at radius 3 is 1.50 bits per heavy atom. The quantitative estimate of drug-likeness (QED) is 0.620. The Morgan fingerprint density at radius 1 is 1.06 bits per heavy atom. The summed E-state index contributed by atoms with van der Waals surface area (Å²) < 4.78 is 8.44. The second kappa shape index (κ2) is 10.9. The monoisotopic (exact) mass is 310 g/mol. The van der Waals surface area contributed by atoms with Crippen LogP contribution < -0.4 is 0 Å². The van der Waals surface area contributed by atoms with Gasteiger partial charge < -0.3 is 14.6 Å². The van der Waals surface area contributed by atoms with Crippen molar-refractivity contribution in [3.8, 4) is 0 Å². The van der Waals surface area contributed by atoms with E-state index in [4.69, 9.17) is 56.3 Å². The zero-order valence-electron chi connectivity index (χ0n) is 7.75. The highest BCUT2D eigenvalue weighted by atomic mass is 35.5. The number of aliphatic carboxylic acids is 1. The molecule has 0 aliphatic heterocycles. The second-order valence-corrected chi connectivity index (χ2v) is 2.98. The van der Waals surface area contributed by atoms with Gasteiger partial charge in [0.15, 0.2) is 0 Å². The highest BCUT2D eigenvalue weighted by Crippen LogP contribution is 2.11. The van der Waals surface area contributed by atoms with Crippen LogP contribution in [0, 0.1) is 0 Å². The van der Waals surface area contributed by atoms with E-state index in [-0.39, 0.29) is 10.4 Å². The van der Waals surface area contributed by atoms with Gasteiger partial charge in [0, 0.05) is 6.92 Å². The summed E-state index contributed by atoms with van der Waals surface area (Å²) in [6.45, 7) is 1.08. The van der Waals surface area contributed by atoms with Gasteiger partial charge in [0.1, 0.15) is 0 Å². The van der Waals surface area contributed by atoms with Gasteiger partial charge in [-0.3, -0.25) is 4.79 Å². The maximum atomic E-state index is 10.6. The first kappa shape index (κ1) is 17.8. The van der Waals surface area contributed by atoms with Crippen LogP contribution >= 0.6 is 46.4 Å². The van der Waals surface area contributed by atoms with Crippen molar-refractivity contribution in [2.75, 3.05) is 0 Å². The van der Waals surface area contributed by atoms with Crippen LogP contribution in [0.1, 0.15) is 6.92 Å². The average Bonchev–Trinajstić information content (AvgIpc) is 2.16. The molecule has 0 aromatic rings. The number of carbonyl (C=O) groups is 2. The summed E-state index contributed by atoms with van der Waals surface area (Å²) in [5.41, 5.74) is 1.70. The third-order valence-corrected chi connectivity index (χ3v) is 1.53. The van der Waals surface area contributed by atoms with Crippen molar-refractivity contribution >= 4 is 58.5 Å². The van der Waals surface area contributed by atoms with Gasteiger partial charge in [-0.2, -0.15) is 0 Å². The third kappa shape index (κ3) is 15.8. The van der Waals surface area contributed by atoms with Crippen molar-refractivity contribution < 1.29 is 24.2 Å². The van der Waals surface area contributed by atoms with Crippen LogP contribution in [-0.2, 0) is 14.3 Å². The van der Waals surface area contributed by atoms with Crippen molar-refractivity contribution in [1.82, 2.24) is 0 Å². The van der Waals surface area contributed by atoms with Gasteiger partial charge in [0.25, 0.3) is 5.97 Å². The van der Waals surface area contributed by atoms with E-state index < -0.39 is 12.1 Å². The number of hydrogen-bond acceptors (Lipinski definition) is 4. The standard InChI is InChI=1S/C5H2Cl4O3.C2H4O2/c6-1-3(8)11-5(10)12-4(9)2-7;1-2(3)4/h1-2H;1H3,(H,3,4).